The second-order valence-corrected chi connectivity index (χ2v) is 5.64. The maximum atomic E-state index is 9.85. The van der Waals surface area contributed by atoms with Gasteiger partial charge in [0.25, 0.3) is 0 Å². The van der Waals surface area contributed by atoms with Crippen LogP contribution in [-0.4, -0.2) is 36.5 Å². The monoisotopic (exact) mass is 277 g/mol. The van der Waals surface area contributed by atoms with Crippen LogP contribution in [0, 0.1) is 0 Å². The molecule has 108 valence electrons. The first-order valence-electron chi connectivity index (χ1n) is 7.37. The van der Waals surface area contributed by atoms with Gasteiger partial charge in [-0.25, -0.2) is 0 Å². The Balaban J connectivity index is 0.00000162. The largest absolute Gasteiger partial charge is 0.389 e. The number of rotatable bonds is 6. The van der Waals surface area contributed by atoms with Crippen LogP contribution in [-0.2, 0) is 4.74 Å². The summed E-state index contributed by atoms with van der Waals surface area (Å²) in [6.45, 7) is 1.20. The van der Waals surface area contributed by atoms with E-state index in [9.17, 15) is 5.11 Å². The molecule has 1 atom stereocenters. The summed E-state index contributed by atoms with van der Waals surface area (Å²) in [7, 11) is 0. The fraction of sp³-hybridized carbons (Fsp3) is 1.00. The Kier molecular flexibility index (Phi) is 8.23. The van der Waals surface area contributed by atoms with Gasteiger partial charge in [0.05, 0.1) is 18.8 Å². The van der Waals surface area contributed by atoms with Crippen LogP contribution in [0.2, 0.25) is 0 Å². The summed E-state index contributed by atoms with van der Waals surface area (Å²) >= 11 is 0. The molecule has 18 heavy (non-hydrogen) atoms. The van der Waals surface area contributed by atoms with E-state index in [1.165, 1.54) is 57.8 Å². The molecule has 0 heterocycles. The van der Waals surface area contributed by atoms with E-state index in [0.29, 0.717) is 25.3 Å². The van der Waals surface area contributed by atoms with E-state index in [0.717, 1.165) is 0 Å². The third-order valence-electron chi connectivity index (χ3n) is 4.07. The molecule has 0 saturated heterocycles. The zero-order valence-electron chi connectivity index (χ0n) is 11.3. The van der Waals surface area contributed by atoms with Crippen molar-refractivity contribution in [3.63, 3.8) is 0 Å². The van der Waals surface area contributed by atoms with Crippen molar-refractivity contribution in [3.8, 4) is 0 Å². The molecular weight excluding hydrogens is 250 g/mol. The first kappa shape index (κ1) is 16.2. The van der Waals surface area contributed by atoms with E-state index in [1.54, 1.807) is 0 Å². The molecule has 0 amide bonds. The molecule has 0 aromatic carbocycles. The van der Waals surface area contributed by atoms with Gasteiger partial charge in [-0.2, -0.15) is 0 Å². The molecule has 2 N–H and O–H groups in total. The SMILES string of the molecule is Cl.OC(CNC1CCCCC1)COC1CCCC1. The summed E-state index contributed by atoms with van der Waals surface area (Å²) in [6, 6.07) is 0.630. The molecule has 2 saturated carbocycles. The number of hydrogen-bond donors (Lipinski definition) is 2. The minimum atomic E-state index is -0.336. The van der Waals surface area contributed by atoms with Crippen LogP contribution in [0.15, 0.2) is 0 Å². The minimum Gasteiger partial charge on any atom is -0.389 e. The molecule has 4 heteroatoms. The van der Waals surface area contributed by atoms with Crippen LogP contribution in [0.5, 0.6) is 0 Å². The van der Waals surface area contributed by atoms with Crippen molar-refractivity contribution in [1.82, 2.24) is 5.32 Å². The van der Waals surface area contributed by atoms with Crippen molar-refractivity contribution >= 4 is 12.4 Å². The van der Waals surface area contributed by atoms with Gasteiger partial charge in [-0.3, -0.25) is 0 Å². The highest BCUT2D eigenvalue weighted by atomic mass is 35.5. The van der Waals surface area contributed by atoms with Crippen molar-refractivity contribution in [1.29, 1.82) is 0 Å². The summed E-state index contributed by atoms with van der Waals surface area (Å²) < 4.78 is 5.71. The summed E-state index contributed by atoms with van der Waals surface area (Å²) in [4.78, 5) is 0. The van der Waals surface area contributed by atoms with Crippen molar-refractivity contribution < 1.29 is 9.84 Å². The van der Waals surface area contributed by atoms with Gasteiger partial charge in [0, 0.05) is 12.6 Å². The maximum absolute atomic E-state index is 9.85. The lowest BCUT2D eigenvalue weighted by molar-refractivity contribution is -0.00656. The van der Waals surface area contributed by atoms with Crippen LogP contribution in [0.4, 0.5) is 0 Å². The van der Waals surface area contributed by atoms with Crippen molar-refractivity contribution in [2.45, 2.75) is 76.0 Å². The molecule has 0 aliphatic heterocycles. The number of aliphatic hydroxyl groups is 1. The van der Waals surface area contributed by atoms with Crippen LogP contribution >= 0.6 is 12.4 Å². The highest BCUT2D eigenvalue weighted by molar-refractivity contribution is 5.85. The molecule has 0 spiro atoms. The molecule has 0 aromatic heterocycles. The van der Waals surface area contributed by atoms with E-state index in [1.807, 2.05) is 0 Å². The zero-order valence-corrected chi connectivity index (χ0v) is 12.1. The van der Waals surface area contributed by atoms with Gasteiger partial charge in [0.2, 0.25) is 0 Å². The lowest BCUT2D eigenvalue weighted by Crippen LogP contribution is -2.38. The number of nitrogens with one attached hydrogen (secondary N) is 1. The second kappa shape index (κ2) is 9.13. The van der Waals surface area contributed by atoms with E-state index >= 15 is 0 Å². The Morgan fingerprint density at radius 3 is 2.28 bits per heavy atom. The second-order valence-electron chi connectivity index (χ2n) is 5.64. The topological polar surface area (TPSA) is 41.5 Å². The lowest BCUT2D eigenvalue weighted by Gasteiger charge is -2.24. The van der Waals surface area contributed by atoms with Gasteiger partial charge in [-0.1, -0.05) is 32.1 Å². The van der Waals surface area contributed by atoms with Gasteiger partial charge < -0.3 is 15.2 Å². The minimum absolute atomic E-state index is 0. The van der Waals surface area contributed by atoms with Crippen LogP contribution in [0.25, 0.3) is 0 Å². The van der Waals surface area contributed by atoms with Crippen molar-refractivity contribution in [3.05, 3.63) is 0 Å². The van der Waals surface area contributed by atoms with Gasteiger partial charge >= 0.3 is 0 Å². The third kappa shape index (κ3) is 5.87. The highest BCUT2D eigenvalue weighted by Crippen LogP contribution is 2.21. The summed E-state index contributed by atoms with van der Waals surface area (Å²) in [6.07, 6.45) is 11.6. The van der Waals surface area contributed by atoms with Gasteiger partial charge in [0.1, 0.15) is 0 Å². The van der Waals surface area contributed by atoms with E-state index < -0.39 is 0 Å². The Labute approximate surface area is 117 Å². The summed E-state index contributed by atoms with van der Waals surface area (Å²) in [5, 5.41) is 13.3. The van der Waals surface area contributed by atoms with Crippen molar-refractivity contribution in [2.75, 3.05) is 13.2 Å². The number of halogens is 1. The molecule has 2 aliphatic carbocycles. The van der Waals surface area contributed by atoms with E-state index in [4.69, 9.17) is 4.74 Å². The quantitative estimate of drug-likeness (QED) is 0.784. The molecule has 3 nitrogen and oxygen atoms in total. The van der Waals surface area contributed by atoms with Crippen LogP contribution in [0.3, 0.4) is 0 Å². The van der Waals surface area contributed by atoms with Crippen LogP contribution < -0.4 is 5.32 Å². The van der Waals surface area contributed by atoms with E-state index in [2.05, 4.69) is 5.32 Å². The predicted molar refractivity (Wildman–Crippen MR) is 76.3 cm³/mol. The zero-order chi connectivity index (χ0) is 11.9. The molecule has 2 fully saturated rings. The Morgan fingerprint density at radius 2 is 1.61 bits per heavy atom. The normalized spacial score (nSPS) is 23.8. The molecule has 1 unspecified atom stereocenters. The maximum Gasteiger partial charge on any atom is 0.0897 e. The number of aliphatic hydroxyl groups excluding tert-OH is 1. The van der Waals surface area contributed by atoms with Gasteiger partial charge in [-0.15, -0.1) is 12.4 Å². The van der Waals surface area contributed by atoms with Gasteiger partial charge in [-0.05, 0) is 25.7 Å². The van der Waals surface area contributed by atoms with Crippen molar-refractivity contribution in [2.24, 2.45) is 0 Å². The summed E-state index contributed by atoms with van der Waals surface area (Å²) in [5.74, 6) is 0. The molecule has 0 aromatic rings. The fourth-order valence-electron chi connectivity index (χ4n) is 2.97. The van der Waals surface area contributed by atoms with E-state index in [-0.39, 0.29) is 18.5 Å². The molecule has 2 rings (SSSR count). The highest BCUT2D eigenvalue weighted by Gasteiger charge is 2.18. The first-order chi connectivity index (χ1) is 8.34. The Bertz CT molecular complexity index is 204. The first-order valence-corrected chi connectivity index (χ1v) is 7.37. The Hall–Kier alpha value is 0.170. The summed E-state index contributed by atoms with van der Waals surface area (Å²) in [5.41, 5.74) is 0. The average Bonchev–Trinajstić information content (AvgIpc) is 2.88. The molecule has 0 radical (unpaired) electrons. The van der Waals surface area contributed by atoms with Gasteiger partial charge in [0.15, 0.2) is 0 Å². The number of hydrogen-bond acceptors (Lipinski definition) is 3. The predicted octanol–water partition coefficient (Wildman–Crippen LogP) is 2.65. The standard InChI is InChI=1S/C14H27NO2.ClH/c16-13(11-17-14-8-4-5-9-14)10-15-12-6-2-1-3-7-12;/h12-16H,1-11H2;1H. The van der Waals surface area contributed by atoms with Crippen LogP contribution in [0.1, 0.15) is 57.8 Å². The Morgan fingerprint density at radius 1 is 1.00 bits per heavy atom. The number of ether oxygens (including phenoxy) is 1. The average molecular weight is 278 g/mol. The fourth-order valence-corrected chi connectivity index (χ4v) is 2.97. The molecular formula is C14H28ClNO2. The lowest BCUT2D eigenvalue weighted by atomic mass is 9.95. The third-order valence-corrected chi connectivity index (χ3v) is 4.07. The molecule has 0 bridgehead atoms. The smallest absolute Gasteiger partial charge is 0.0897 e. The molecule has 2 aliphatic rings.